The third-order valence-corrected chi connectivity index (χ3v) is 5.00. The summed E-state index contributed by atoms with van der Waals surface area (Å²) in [4.78, 5) is 6.33. The van der Waals surface area contributed by atoms with Gasteiger partial charge in [0.15, 0.2) is 5.96 Å². The largest absolute Gasteiger partial charge is 0.416 e. The molecule has 0 bridgehead atoms. The molecule has 4 nitrogen and oxygen atoms in total. The van der Waals surface area contributed by atoms with E-state index in [4.69, 9.17) is 0 Å². The summed E-state index contributed by atoms with van der Waals surface area (Å²) >= 11 is 0. The molecule has 0 atom stereocenters. The molecule has 0 saturated carbocycles. The number of halogens is 4. The average Bonchev–Trinajstić information content (AvgIpc) is 2.76. The van der Waals surface area contributed by atoms with Gasteiger partial charge in [-0.3, -0.25) is 4.99 Å². The molecule has 3 rings (SSSR count). The van der Waals surface area contributed by atoms with Gasteiger partial charge in [-0.15, -0.1) is 0 Å². The molecular formula is C23H24F4N4. The molecule has 0 unspecified atom stereocenters. The highest BCUT2D eigenvalue weighted by Gasteiger charge is 2.30. The standard InChI is InChI=1S/C23H24F4N4/c1-28-22(29-12-4-6-17-5-2-7-18(15-17)23(25,26)27)30-20-10-13-31(14-11-20)21-9-3-8-19(24)16-21/h2-3,5,7-9,15-16,20H,10-14H2,1H3,(H2,28,29,30). The molecule has 0 aliphatic carbocycles. The van der Waals surface area contributed by atoms with Crippen molar-refractivity contribution in [1.82, 2.24) is 10.6 Å². The van der Waals surface area contributed by atoms with Crippen LogP contribution in [0.2, 0.25) is 0 Å². The minimum Gasteiger partial charge on any atom is -0.371 e. The Hall–Kier alpha value is -3.21. The van der Waals surface area contributed by atoms with Crippen molar-refractivity contribution in [1.29, 1.82) is 0 Å². The molecule has 2 N–H and O–H groups in total. The fourth-order valence-corrected chi connectivity index (χ4v) is 3.39. The topological polar surface area (TPSA) is 39.7 Å². The molecule has 2 aromatic carbocycles. The van der Waals surface area contributed by atoms with Gasteiger partial charge >= 0.3 is 6.18 Å². The first-order valence-electron chi connectivity index (χ1n) is 9.99. The molecule has 1 aliphatic rings. The first kappa shape index (κ1) is 22.5. The molecule has 2 aromatic rings. The molecule has 1 aliphatic heterocycles. The lowest BCUT2D eigenvalue weighted by Crippen LogP contribution is -2.48. The number of guanidine groups is 1. The van der Waals surface area contributed by atoms with Crippen LogP contribution < -0.4 is 15.5 Å². The van der Waals surface area contributed by atoms with Gasteiger partial charge in [-0.05, 0) is 49.2 Å². The summed E-state index contributed by atoms with van der Waals surface area (Å²) in [5.74, 6) is 5.90. The number of nitrogens with zero attached hydrogens (tertiary/aromatic N) is 2. The Morgan fingerprint density at radius 1 is 1.13 bits per heavy atom. The van der Waals surface area contributed by atoms with Crippen molar-refractivity contribution in [2.75, 3.05) is 31.6 Å². The SMILES string of the molecule is CN=C(NCC#Cc1cccc(C(F)(F)F)c1)NC1CCN(c2cccc(F)c2)CC1. The number of rotatable bonds is 3. The molecule has 0 amide bonds. The van der Waals surface area contributed by atoms with Crippen LogP contribution in [-0.2, 0) is 6.18 Å². The van der Waals surface area contributed by atoms with E-state index in [9.17, 15) is 17.6 Å². The quantitative estimate of drug-likeness (QED) is 0.333. The summed E-state index contributed by atoms with van der Waals surface area (Å²) in [7, 11) is 1.65. The highest BCUT2D eigenvalue weighted by atomic mass is 19.4. The number of piperidine rings is 1. The average molecular weight is 432 g/mol. The molecule has 0 aromatic heterocycles. The first-order valence-corrected chi connectivity index (χ1v) is 9.99. The van der Waals surface area contributed by atoms with E-state index >= 15 is 0 Å². The Morgan fingerprint density at radius 2 is 1.87 bits per heavy atom. The van der Waals surface area contributed by atoms with Crippen LogP contribution >= 0.6 is 0 Å². The van der Waals surface area contributed by atoms with Crippen LogP contribution in [0.25, 0.3) is 0 Å². The Labute approximate surface area is 179 Å². The smallest absolute Gasteiger partial charge is 0.371 e. The van der Waals surface area contributed by atoms with E-state index in [1.807, 2.05) is 6.07 Å². The highest BCUT2D eigenvalue weighted by Crippen LogP contribution is 2.29. The molecule has 0 spiro atoms. The van der Waals surface area contributed by atoms with Crippen molar-refractivity contribution in [3.05, 3.63) is 65.5 Å². The van der Waals surface area contributed by atoms with Crippen LogP contribution in [-0.4, -0.2) is 38.7 Å². The molecule has 164 valence electrons. The Morgan fingerprint density at radius 3 is 2.55 bits per heavy atom. The van der Waals surface area contributed by atoms with Crippen molar-refractivity contribution in [2.45, 2.75) is 25.1 Å². The summed E-state index contributed by atoms with van der Waals surface area (Å²) in [5.41, 5.74) is 0.476. The number of benzene rings is 2. The second-order valence-electron chi connectivity index (χ2n) is 7.19. The fraction of sp³-hybridized carbons (Fsp3) is 0.348. The van der Waals surface area contributed by atoms with Gasteiger partial charge < -0.3 is 15.5 Å². The Kier molecular flexibility index (Phi) is 7.40. The monoisotopic (exact) mass is 432 g/mol. The normalized spacial score (nSPS) is 15.3. The van der Waals surface area contributed by atoms with Crippen molar-refractivity contribution in [3.8, 4) is 11.8 Å². The molecule has 1 heterocycles. The predicted octanol–water partition coefficient (Wildman–Crippen LogP) is 4.03. The van der Waals surface area contributed by atoms with Crippen LogP contribution in [0.15, 0.2) is 53.5 Å². The van der Waals surface area contributed by atoms with Crippen LogP contribution in [0.3, 0.4) is 0 Å². The van der Waals surface area contributed by atoms with E-state index in [0.717, 1.165) is 43.8 Å². The van der Waals surface area contributed by atoms with E-state index < -0.39 is 11.7 Å². The molecule has 8 heteroatoms. The Bertz CT molecular complexity index is 967. The van der Waals surface area contributed by atoms with Crippen LogP contribution in [0.1, 0.15) is 24.0 Å². The maximum Gasteiger partial charge on any atom is 0.416 e. The van der Waals surface area contributed by atoms with Crippen LogP contribution in [0, 0.1) is 17.7 Å². The van der Waals surface area contributed by atoms with E-state index in [0.29, 0.717) is 11.5 Å². The van der Waals surface area contributed by atoms with Crippen molar-refractivity contribution in [2.24, 2.45) is 4.99 Å². The lowest BCUT2D eigenvalue weighted by atomic mass is 10.0. The van der Waals surface area contributed by atoms with Crippen LogP contribution in [0.4, 0.5) is 23.2 Å². The summed E-state index contributed by atoms with van der Waals surface area (Å²) in [6.45, 7) is 1.85. The summed E-state index contributed by atoms with van der Waals surface area (Å²) in [5, 5.41) is 6.40. The van der Waals surface area contributed by atoms with Gasteiger partial charge in [0, 0.05) is 37.4 Å². The number of hydrogen-bond donors (Lipinski definition) is 2. The minimum absolute atomic E-state index is 0.215. The van der Waals surface area contributed by atoms with Gasteiger partial charge in [-0.1, -0.05) is 24.0 Å². The van der Waals surface area contributed by atoms with Gasteiger partial charge in [-0.2, -0.15) is 13.2 Å². The zero-order valence-electron chi connectivity index (χ0n) is 17.1. The van der Waals surface area contributed by atoms with E-state index in [1.54, 1.807) is 19.2 Å². The van der Waals surface area contributed by atoms with Crippen molar-refractivity contribution >= 4 is 11.6 Å². The lowest BCUT2D eigenvalue weighted by molar-refractivity contribution is -0.137. The van der Waals surface area contributed by atoms with Gasteiger partial charge in [0.1, 0.15) is 5.82 Å². The second kappa shape index (κ2) is 10.2. The highest BCUT2D eigenvalue weighted by molar-refractivity contribution is 5.80. The lowest BCUT2D eigenvalue weighted by Gasteiger charge is -2.34. The maximum atomic E-state index is 13.4. The molecular weight excluding hydrogens is 408 g/mol. The van der Waals surface area contributed by atoms with Gasteiger partial charge in [-0.25, -0.2) is 4.39 Å². The number of aliphatic imine (C=N–C) groups is 1. The zero-order chi connectivity index (χ0) is 22.3. The first-order chi connectivity index (χ1) is 14.8. The molecule has 1 fully saturated rings. The summed E-state index contributed by atoms with van der Waals surface area (Å²) < 4.78 is 51.7. The van der Waals surface area contributed by atoms with Crippen molar-refractivity contribution < 1.29 is 17.6 Å². The number of alkyl halides is 3. The van der Waals surface area contributed by atoms with E-state index in [1.165, 1.54) is 18.2 Å². The number of hydrogen-bond acceptors (Lipinski definition) is 2. The zero-order valence-corrected chi connectivity index (χ0v) is 17.1. The van der Waals surface area contributed by atoms with E-state index in [2.05, 4.69) is 32.4 Å². The second-order valence-corrected chi connectivity index (χ2v) is 7.19. The molecule has 1 saturated heterocycles. The summed E-state index contributed by atoms with van der Waals surface area (Å²) in [6, 6.07) is 11.7. The van der Waals surface area contributed by atoms with Gasteiger partial charge in [0.05, 0.1) is 12.1 Å². The van der Waals surface area contributed by atoms with Gasteiger partial charge in [0.2, 0.25) is 0 Å². The Balaban J connectivity index is 1.46. The number of anilines is 1. The third kappa shape index (κ3) is 6.64. The van der Waals surface area contributed by atoms with Gasteiger partial charge in [0.25, 0.3) is 0 Å². The number of nitrogens with one attached hydrogen (secondary N) is 2. The third-order valence-electron chi connectivity index (χ3n) is 5.00. The van der Waals surface area contributed by atoms with Crippen LogP contribution in [0.5, 0.6) is 0 Å². The minimum atomic E-state index is -4.38. The fourth-order valence-electron chi connectivity index (χ4n) is 3.39. The predicted molar refractivity (Wildman–Crippen MR) is 114 cm³/mol. The molecule has 31 heavy (non-hydrogen) atoms. The van der Waals surface area contributed by atoms with Crippen molar-refractivity contribution in [3.63, 3.8) is 0 Å². The summed E-state index contributed by atoms with van der Waals surface area (Å²) in [6.07, 6.45) is -2.65. The van der Waals surface area contributed by atoms with E-state index in [-0.39, 0.29) is 18.4 Å². The molecule has 0 radical (unpaired) electrons. The maximum absolute atomic E-state index is 13.4.